The van der Waals surface area contributed by atoms with Crippen LogP contribution in [0.1, 0.15) is 23.2 Å². The third-order valence-corrected chi connectivity index (χ3v) is 4.45. The molecular weight excluding hydrogens is 342 g/mol. The number of imidazole rings is 1. The van der Waals surface area contributed by atoms with E-state index < -0.39 is 11.6 Å². The van der Waals surface area contributed by atoms with Crippen LogP contribution in [0, 0.1) is 11.6 Å². The summed E-state index contributed by atoms with van der Waals surface area (Å²) in [6.07, 6.45) is 6.43. The van der Waals surface area contributed by atoms with Crippen LogP contribution in [0.15, 0.2) is 36.9 Å². The van der Waals surface area contributed by atoms with Gasteiger partial charge in [0.25, 0.3) is 5.91 Å². The zero-order valence-corrected chi connectivity index (χ0v) is 14.3. The number of hydrogen-bond acceptors (Lipinski definition) is 3. The van der Waals surface area contributed by atoms with Crippen molar-refractivity contribution in [3.05, 3.63) is 54.1 Å². The van der Waals surface area contributed by atoms with E-state index in [4.69, 9.17) is 0 Å². The Kier molecular flexibility index (Phi) is 5.60. The van der Waals surface area contributed by atoms with E-state index in [1.165, 1.54) is 6.07 Å². The first-order chi connectivity index (χ1) is 12.5. The molecule has 2 heterocycles. The summed E-state index contributed by atoms with van der Waals surface area (Å²) >= 11 is 0. The number of nitrogens with zero attached hydrogens (tertiary/aromatic N) is 4. The lowest BCUT2D eigenvalue weighted by atomic mass is 10.1. The molecule has 0 bridgehead atoms. The smallest absolute Gasteiger partial charge is 0.254 e. The zero-order valence-electron chi connectivity index (χ0n) is 14.3. The maximum absolute atomic E-state index is 13.3. The molecule has 6 nitrogen and oxygen atoms in total. The largest absolute Gasteiger partial charge is 0.339 e. The number of piperazine rings is 1. The molecule has 0 atom stereocenters. The molecule has 2 amide bonds. The standard InChI is InChI=1S/C18H20F2N4O2/c19-15-4-3-14(12-16(15)20)18(26)24-10-8-23(9-11-24)17(25)2-1-6-22-7-5-21-13-22/h3-5,7,12-13H,1-2,6,8-11H2. The van der Waals surface area contributed by atoms with Crippen LogP contribution in [0.25, 0.3) is 0 Å². The maximum atomic E-state index is 13.3. The minimum absolute atomic E-state index is 0.0602. The molecule has 1 aliphatic heterocycles. The van der Waals surface area contributed by atoms with Crippen LogP contribution < -0.4 is 0 Å². The zero-order chi connectivity index (χ0) is 18.5. The number of carbonyl (C=O) groups is 2. The Balaban J connectivity index is 1.46. The first-order valence-corrected chi connectivity index (χ1v) is 8.52. The van der Waals surface area contributed by atoms with Crippen LogP contribution in [-0.4, -0.2) is 57.3 Å². The van der Waals surface area contributed by atoms with Crippen LogP contribution in [0.5, 0.6) is 0 Å². The molecule has 0 N–H and O–H groups in total. The van der Waals surface area contributed by atoms with E-state index in [2.05, 4.69) is 4.98 Å². The minimum Gasteiger partial charge on any atom is -0.339 e. The number of amides is 2. The predicted octanol–water partition coefficient (Wildman–Crippen LogP) is 1.93. The van der Waals surface area contributed by atoms with Crippen molar-refractivity contribution in [2.75, 3.05) is 26.2 Å². The Morgan fingerprint density at radius 2 is 1.77 bits per heavy atom. The monoisotopic (exact) mass is 362 g/mol. The average Bonchev–Trinajstić information content (AvgIpc) is 3.17. The highest BCUT2D eigenvalue weighted by Gasteiger charge is 2.25. The summed E-state index contributed by atoms with van der Waals surface area (Å²) in [5.41, 5.74) is 0.115. The number of aromatic nitrogens is 2. The van der Waals surface area contributed by atoms with Crippen molar-refractivity contribution in [2.45, 2.75) is 19.4 Å². The van der Waals surface area contributed by atoms with Gasteiger partial charge in [0.1, 0.15) is 0 Å². The summed E-state index contributed by atoms with van der Waals surface area (Å²) in [4.78, 5) is 31.9. The van der Waals surface area contributed by atoms with Gasteiger partial charge in [0.15, 0.2) is 11.6 Å². The van der Waals surface area contributed by atoms with Crippen LogP contribution in [0.4, 0.5) is 8.78 Å². The van der Waals surface area contributed by atoms with Crippen LogP contribution >= 0.6 is 0 Å². The summed E-state index contributed by atoms with van der Waals surface area (Å²) in [7, 11) is 0. The Morgan fingerprint density at radius 3 is 2.42 bits per heavy atom. The van der Waals surface area contributed by atoms with Gasteiger partial charge >= 0.3 is 0 Å². The van der Waals surface area contributed by atoms with Crippen molar-refractivity contribution in [3.63, 3.8) is 0 Å². The Labute approximate surface area is 150 Å². The van der Waals surface area contributed by atoms with Gasteiger partial charge in [-0.1, -0.05) is 0 Å². The normalized spacial score (nSPS) is 14.5. The highest BCUT2D eigenvalue weighted by atomic mass is 19.2. The lowest BCUT2D eigenvalue weighted by Crippen LogP contribution is -2.50. The number of aryl methyl sites for hydroxylation is 1. The molecule has 0 aliphatic carbocycles. The first kappa shape index (κ1) is 18.0. The first-order valence-electron chi connectivity index (χ1n) is 8.52. The lowest BCUT2D eigenvalue weighted by Gasteiger charge is -2.35. The average molecular weight is 362 g/mol. The predicted molar refractivity (Wildman–Crippen MR) is 90.3 cm³/mol. The highest BCUT2D eigenvalue weighted by Crippen LogP contribution is 2.13. The third kappa shape index (κ3) is 4.25. The van der Waals surface area contributed by atoms with Gasteiger partial charge in [0.2, 0.25) is 5.91 Å². The second kappa shape index (κ2) is 8.07. The molecule has 1 aliphatic rings. The van der Waals surface area contributed by atoms with Crippen LogP contribution in [-0.2, 0) is 11.3 Å². The molecule has 0 spiro atoms. The summed E-state index contributed by atoms with van der Waals surface area (Å²) in [5.74, 6) is -2.31. The number of rotatable bonds is 5. The summed E-state index contributed by atoms with van der Waals surface area (Å²) in [6.45, 7) is 2.38. The molecule has 8 heteroatoms. The molecule has 1 fully saturated rings. The van der Waals surface area contributed by atoms with E-state index in [0.29, 0.717) is 32.6 Å². The Hall–Kier alpha value is -2.77. The minimum atomic E-state index is -1.04. The third-order valence-electron chi connectivity index (χ3n) is 4.45. The Morgan fingerprint density at radius 1 is 1.04 bits per heavy atom. The van der Waals surface area contributed by atoms with Crippen molar-refractivity contribution in [3.8, 4) is 0 Å². The van der Waals surface area contributed by atoms with Gasteiger partial charge in [-0.2, -0.15) is 0 Å². The fourth-order valence-corrected chi connectivity index (χ4v) is 2.96. The van der Waals surface area contributed by atoms with Gasteiger partial charge in [0.05, 0.1) is 6.33 Å². The van der Waals surface area contributed by atoms with Gasteiger partial charge in [-0.25, -0.2) is 13.8 Å². The quantitative estimate of drug-likeness (QED) is 0.817. The molecule has 26 heavy (non-hydrogen) atoms. The number of benzene rings is 1. The number of carbonyl (C=O) groups excluding carboxylic acids is 2. The summed E-state index contributed by atoms with van der Waals surface area (Å²) in [6, 6.07) is 3.13. The van der Waals surface area contributed by atoms with E-state index >= 15 is 0 Å². The van der Waals surface area contributed by atoms with Crippen molar-refractivity contribution < 1.29 is 18.4 Å². The van der Waals surface area contributed by atoms with E-state index in [-0.39, 0.29) is 17.4 Å². The van der Waals surface area contributed by atoms with Gasteiger partial charge < -0.3 is 14.4 Å². The van der Waals surface area contributed by atoms with Crippen LogP contribution in [0.2, 0.25) is 0 Å². The van der Waals surface area contributed by atoms with Crippen LogP contribution in [0.3, 0.4) is 0 Å². The van der Waals surface area contributed by atoms with Crippen molar-refractivity contribution in [1.29, 1.82) is 0 Å². The fourth-order valence-electron chi connectivity index (χ4n) is 2.96. The van der Waals surface area contributed by atoms with E-state index in [1.807, 2.05) is 10.8 Å². The SMILES string of the molecule is O=C(CCCn1ccnc1)N1CCN(C(=O)c2ccc(F)c(F)c2)CC1. The maximum Gasteiger partial charge on any atom is 0.254 e. The van der Waals surface area contributed by atoms with E-state index in [0.717, 1.165) is 25.1 Å². The van der Waals surface area contributed by atoms with Crippen molar-refractivity contribution >= 4 is 11.8 Å². The van der Waals surface area contributed by atoms with Gasteiger partial charge in [-0.05, 0) is 24.6 Å². The van der Waals surface area contributed by atoms with Crippen molar-refractivity contribution in [1.82, 2.24) is 19.4 Å². The molecule has 0 unspecified atom stereocenters. The lowest BCUT2D eigenvalue weighted by molar-refractivity contribution is -0.132. The molecule has 138 valence electrons. The molecular formula is C18H20F2N4O2. The van der Waals surface area contributed by atoms with Gasteiger partial charge in [-0.15, -0.1) is 0 Å². The molecule has 1 aromatic carbocycles. The second-order valence-electron chi connectivity index (χ2n) is 6.21. The van der Waals surface area contributed by atoms with Crippen molar-refractivity contribution in [2.24, 2.45) is 0 Å². The van der Waals surface area contributed by atoms with E-state index in [1.54, 1.807) is 22.3 Å². The molecule has 3 rings (SSSR count). The van der Waals surface area contributed by atoms with E-state index in [9.17, 15) is 18.4 Å². The number of hydrogen-bond donors (Lipinski definition) is 0. The van der Waals surface area contributed by atoms with Gasteiger partial charge in [-0.3, -0.25) is 9.59 Å². The van der Waals surface area contributed by atoms with Gasteiger partial charge in [0, 0.05) is 57.1 Å². The number of halogens is 2. The molecule has 0 radical (unpaired) electrons. The summed E-state index contributed by atoms with van der Waals surface area (Å²) in [5, 5.41) is 0. The second-order valence-corrected chi connectivity index (χ2v) is 6.21. The molecule has 1 aromatic heterocycles. The topological polar surface area (TPSA) is 58.4 Å². The molecule has 0 saturated carbocycles. The molecule has 1 saturated heterocycles. The summed E-state index contributed by atoms with van der Waals surface area (Å²) < 4.78 is 28.2. The highest BCUT2D eigenvalue weighted by molar-refractivity contribution is 5.94. The Bertz CT molecular complexity index is 772. The molecule has 2 aromatic rings. The fraction of sp³-hybridized carbons (Fsp3) is 0.389.